The maximum absolute atomic E-state index is 13.6. The van der Waals surface area contributed by atoms with Crippen molar-refractivity contribution >= 4 is 12.0 Å². The lowest BCUT2D eigenvalue weighted by Gasteiger charge is -2.06. The zero-order valence-electron chi connectivity index (χ0n) is 9.75. The van der Waals surface area contributed by atoms with E-state index in [1.165, 1.54) is 19.2 Å². The third-order valence-corrected chi connectivity index (χ3v) is 2.47. The number of nitro groups is 1. The first-order valence-electron chi connectivity index (χ1n) is 5.14. The van der Waals surface area contributed by atoms with E-state index in [0.29, 0.717) is 6.29 Å². The first-order chi connectivity index (χ1) is 9.06. The van der Waals surface area contributed by atoms with Gasteiger partial charge < -0.3 is 9.15 Å². The van der Waals surface area contributed by atoms with Crippen molar-refractivity contribution in [3.8, 4) is 17.1 Å². The maximum atomic E-state index is 13.6. The summed E-state index contributed by atoms with van der Waals surface area (Å²) in [6.07, 6.45) is 0.498. The van der Waals surface area contributed by atoms with Crippen LogP contribution in [0.3, 0.4) is 0 Å². The lowest BCUT2D eigenvalue weighted by molar-refractivity contribution is -0.387. The second-order valence-electron chi connectivity index (χ2n) is 3.58. The van der Waals surface area contributed by atoms with E-state index in [2.05, 4.69) is 0 Å². The van der Waals surface area contributed by atoms with Crippen LogP contribution in [0.4, 0.5) is 10.1 Å². The molecular weight excluding hydrogens is 257 g/mol. The molecule has 2 aromatic rings. The van der Waals surface area contributed by atoms with E-state index < -0.39 is 16.4 Å². The molecule has 7 heteroatoms. The van der Waals surface area contributed by atoms with Gasteiger partial charge in [0.1, 0.15) is 11.5 Å². The number of nitrogens with zero attached hydrogens (tertiary/aromatic N) is 1. The van der Waals surface area contributed by atoms with Crippen molar-refractivity contribution in [3.63, 3.8) is 0 Å². The number of methoxy groups -OCH3 is 1. The highest BCUT2D eigenvalue weighted by Gasteiger charge is 2.21. The van der Waals surface area contributed by atoms with Crippen molar-refractivity contribution in [2.24, 2.45) is 0 Å². The normalized spacial score (nSPS) is 10.2. The average Bonchev–Trinajstić information content (AvgIpc) is 2.86. The molecule has 0 spiro atoms. The van der Waals surface area contributed by atoms with Gasteiger partial charge in [-0.1, -0.05) is 0 Å². The molecule has 19 heavy (non-hydrogen) atoms. The Bertz CT molecular complexity index is 650. The third-order valence-electron chi connectivity index (χ3n) is 2.47. The molecule has 2 rings (SSSR count). The molecule has 0 unspecified atom stereocenters. The Morgan fingerprint density at radius 2 is 2.16 bits per heavy atom. The fraction of sp³-hybridized carbons (Fsp3) is 0.0833. The van der Waals surface area contributed by atoms with Crippen LogP contribution >= 0.6 is 0 Å². The number of furan rings is 1. The first kappa shape index (κ1) is 12.7. The van der Waals surface area contributed by atoms with Gasteiger partial charge >= 0.3 is 5.69 Å². The van der Waals surface area contributed by atoms with Gasteiger partial charge in [0.2, 0.25) is 5.82 Å². The van der Waals surface area contributed by atoms with Crippen LogP contribution in [0.5, 0.6) is 5.75 Å². The summed E-state index contributed by atoms with van der Waals surface area (Å²) >= 11 is 0. The highest BCUT2D eigenvalue weighted by molar-refractivity contribution is 5.75. The first-order valence-corrected chi connectivity index (χ1v) is 5.14. The zero-order chi connectivity index (χ0) is 14.0. The van der Waals surface area contributed by atoms with Gasteiger partial charge in [-0.25, -0.2) is 0 Å². The van der Waals surface area contributed by atoms with Crippen molar-refractivity contribution in [2.75, 3.05) is 7.11 Å². The molecule has 0 N–H and O–H groups in total. The standard InChI is InChI=1S/C12H8FNO5/c1-18-12-5-10(14(16)17)9(13)4-8(12)11-3-2-7(6-15)19-11/h2-6H,1H3. The summed E-state index contributed by atoms with van der Waals surface area (Å²) < 4.78 is 23.7. The highest BCUT2D eigenvalue weighted by atomic mass is 19.1. The van der Waals surface area contributed by atoms with Crippen LogP contribution in [0.15, 0.2) is 28.7 Å². The van der Waals surface area contributed by atoms with Gasteiger partial charge in [-0.15, -0.1) is 0 Å². The summed E-state index contributed by atoms with van der Waals surface area (Å²) in [6.45, 7) is 0. The van der Waals surface area contributed by atoms with Crippen molar-refractivity contribution in [3.05, 3.63) is 46.0 Å². The molecule has 1 heterocycles. The monoisotopic (exact) mass is 265 g/mol. The summed E-state index contributed by atoms with van der Waals surface area (Å²) in [6, 6.07) is 4.76. The maximum Gasteiger partial charge on any atom is 0.308 e. The van der Waals surface area contributed by atoms with Gasteiger partial charge in [-0.05, 0) is 18.2 Å². The van der Waals surface area contributed by atoms with Gasteiger partial charge in [-0.2, -0.15) is 4.39 Å². The van der Waals surface area contributed by atoms with Crippen LogP contribution in [0.25, 0.3) is 11.3 Å². The number of halogens is 1. The molecule has 0 radical (unpaired) electrons. The largest absolute Gasteiger partial charge is 0.496 e. The molecule has 0 aliphatic rings. The predicted octanol–water partition coefficient (Wildman–Crippen LogP) is 2.82. The molecule has 0 aliphatic heterocycles. The number of carbonyl (C=O) groups is 1. The van der Waals surface area contributed by atoms with Crippen molar-refractivity contribution in [1.82, 2.24) is 0 Å². The topological polar surface area (TPSA) is 82.6 Å². The molecule has 0 amide bonds. The number of nitro benzene ring substituents is 1. The van der Waals surface area contributed by atoms with Crippen molar-refractivity contribution in [2.45, 2.75) is 0 Å². The molecule has 0 aliphatic carbocycles. The summed E-state index contributed by atoms with van der Waals surface area (Å²) in [7, 11) is 1.30. The lowest BCUT2D eigenvalue weighted by Crippen LogP contribution is -1.96. The molecule has 0 saturated heterocycles. The fourth-order valence-electron chi connectivity index (χ4n) is 1.60. The molecule has 1 aromatic heterocycles. The van der Waals surface area contributed by atoms with E-state index in [1.807, 2.05) is 0 Å². The minimum Gasteiger partial charge on any atom is -0.496 e. The molecule has 0 bridgehead atoms. The van der Waals surface area contributed by atoms with Crippen LogP contribution in [0.1, 0.15) is 10.6 Å². The van der Waals surface area contributed by atoms with E-state index in [9.17, 15) is 19.3 Å². The number of carbonyl (C=O) groups excluding carboxylic acids is 1. The number of ether oxygens (including phenoxy) is 1. The summed E-state index contributed by atoms with van der Waals surface area (Å²) in [5, 5.41) is 10.6. The Morgan fingerprint density at radius 3 is 2.68 bits per heavy atom. The SMILES string of the molecule is COc1cc([N+](=O)[O-])c(F)cc1-c1ccc(C=O)o1. The number of hydrogen-bond donors (Lipinski definition) is 0. The highest BCUT2D eigenvalue weighted by Crippen LogP contribution is 2.35. The Hall–Kier alpha value is -2.70. The van der Waals surface area contributed by atoms with Crippen LogP contribution in [0.2, 0.25) is 0 Å². The van der Waals surface area contributed by atoms with Gasteiger partial charge in [0, 0.05) is 0 Å². The van der Waals surface area contributed by atoms with E-state index in [1.54, 1.807) is 0 Å². The average molecular weight is 265 g/mol. The Morgan fingerprint density at radius 1 is 1.42 bits per heavy atom. The predicted molar refractivity (Wildman–Crippen MR) is 62.7 cm³/mol. The second kappa shape index (κ2) is 4.89. The van der Waals surface area contributed by atoms with E-state index in [4.69, 9.17) is 9.15 Å². The lowest BCUT2D eigenvalue weighted by atomic mass is 10.1. The third kappa shape index (κ3) is 2.30. The molecule has 0 atom stereocenters. The smallest absolute Gasteiger partial charge is 0.308 e. The van der Waals surface area contributed by atoms with Gasteiger partial charge in [-0.3, -0.25) is 14.9 Å². The van der Waals surface area contributed by atoms with Crippen LogP contribution in [-0.4, -0.2) is 18.3 Å². The second-order valence-corrected chi connectivity index (χ2v) is 3.58. The van der Waals surface area contributed by atoms with Crippen LogP contribution in [-0.2, 0) is 0 Å². The Labute approximate surface area is 106 Å². The van der Waals surface area contributed by atoms with Gasteiger partial charge in [0.05, 0.1) is 23.7 Å². The zero-order valence-corrected chi connectivity index (χ0v) is 9.75. The fourth-order valence-corrected chi connectivity index (χ4v) is 1.60. The van der Waals surface area contributed by atoms with E-state index in [-0.39, 0.29) is 22.8 Å². The minimum atomic E-state index is -1.01. The van der Waals surface area contributed by atoms with Crippen molar-refractivity contribution < 1.29 is 23.3 Å². The molecule has 98 valence electrons. The molecule has 6 nitrogen and oxygen atoms in total. The summed E-state index contributed by atoms with van der Waals surface area (Å²) in [4.78, 5) is 20.3. The molecular formula is C12H8FNO5. The quantitative estimate of drug-likeness (QED) is 0.482. The van der Waals surface area contributed by atoms with Gasteiger partial charge in [0.15, 0.2) is 12.0 Å². The van der Waals surface area contributed by atoms with Gasteiger partial charge in [0.25, 0.3) is 0 Å². The summed E-state index contributed by atoms with van der Waals surface area (Å²) in [5.41, 5.74) is -0.499. The van der Waals surface area contributed by atoms with E-state index >= 15 is 0 Å². The molecule has 1 aromatic carbocycles. The number of rotatable bonds is 4. The molecule has 0 fully saturated rings. The van der Waals surface area contributed by atoms with Crippen LogP contribution in [0, 0.1) is 15.9 Å². The number of aldehydes is 1. The number of hydrogen-bond acceptors (Lipinski definition) is 5. The Kier molecular flexibility index (Phi) is 3.28. The Balaban J connectivity index is 2.59. The van der Waals surface area contributed by atoms with Crippen molar-refractivity contribution in [1.29, 1.82) is 0 Å². The van der Waals surface area contributed by atoms with E-state index in [0.717, 1.165) is 12.1 Å². The van der Waals surface area contributed by atoms with Crippen LogP contribution < -0.4 is 4.74 Å². The summed E-state index contributed by atoms with van der Waals surface area (Å²) in [5.74, 6) is -0.673. The number of benzene rings is 1. The minimum absolute atomic E-state index is 0.0656. The molecule has 0 saturated carbocycles.